The molecule has 0 spiro atoms. The molecule has 4 nitrogen and oxygen atoms in total. The van der Waals surface area contributed by atoms with Crippen LogP contribution in [-0.2, 0) is 0 Å². The minimum atomic E-state index is -0.739. The molecule has 0 atom stereocenters. The second-order valence-electron chi connectivity index (χ2n) is 14.3. The summed E-state index contributed by atoms with van der Waals surface area (Å²) in [6.45, 7) is 0. The molecule has 0 aliphatic carbocycles. The fourth-order valence-corrected chi connectivity index (χ4v) is 8.02. The third kappa shape index (κ3) is 6.73. The van der Waals surface area contributed by atoms with E-state index >= 15 is 0 Å². The molecule has 0 unspecified atom stereocenters. The van der Waals surface area contributed by atoms with Crippen LogP contribution in [0, 0.1) is 23.3 Å². The Morgan fingerprint density at radius 3 is 1.07 bits per heavy atom. The van der Waals surface area contributed by atoms with Gasteiger partial charge >= 0.3 is 0 Å². The number of benzene rings is 10. The van der Waals surface area contributed by atoms with Crippen LogP contribution in [0.25, 0.3) is 32.3 Å². The minimum Gasteiger partial charge on any atom is -0.455 e. The maximum absolute atomic E-state index is 14.3. The van der Waals surface area contributed by atoms with Gasteiger partial charge in [0.1, 0.15) is 34.8 Å². The van der Waals surface area contributed by atoms with Gasteiger partial charge in [-0.15, -0.1) is 0 Å². The fourth-order valence-electron chi connectivity index (χ4n) is 8.02. The van der Waals surface area contributed by atoms with Crippen LogP contribution in [0.3, 0.4) is 0 Å². The van der Waals surface area contributed by atoms with Crippen molar-refractivity contribution in [3.8, 4) is 23.0 Å². The second kappa shape index (κ2) is 15.2. The summed E-state index contributed by atoms with van der Waals surface area (Å²) in [5, 5.41) is 6.04. The van der Waals surface area contributed by atoms with Crippen molar-refractivity contribution in [1.82, 2.24) is 0 Å². The third-order valence-corrected chi connectivity index (χ3v) is 10.5. The van der Waals surface area contributed by atoms with Gasteiger partial charge in [0, 0.05) is 58.5 Å². The van der Waals surface area contributed by atoms with Crippen LogP contribution in [-0.4, -0.2) is 0 Å². The van der Waals surface area contributed by atoms with E-state index in [1.165, 1.54) is 0 Å². The van der Waals surface area contributed by atoms with Gasteiger partial charge in [0.15, 0.2) is 11.5 Å². The van der Waals surface area contributed by atoms with Crippen molar-refractivity contribution in [1.29, 1.82) is 0 Å². The van der Waals surface area contributed by atoms with E-state index in [4.69, 9.17) is 9.47 Å². The minimum absolute atomic E-state index is 0.0360. The van der Waals surface area contributed by atoms with E-state index in [0.717, 1.165) is 91.5 Å². The smallest absolute Gasteiger partial charge is 0.151 e. The summed E-state index contributed by atoms with van der Waals surface area (Å²) >= 11 is 0. The van der Waals surface area contributed by atoms with E-state index in [1.54, 1.807) is 12.1 Å². The molecule has 0 radical (unpaired) electrons. The summed E-state index contributed by atoms with van der Waals surface area (Å²) in [6, 6.07) is 57.7. The van der Waals surface area contributed by atoms with Gasteiger partial charge in [0.25, 0.3) is 0 Å². The van der Waals surface area contributed by atoms with Gasteiger partial charge in [-0.2, -0.15) is 0 Å². The third-order valence-electron chi connectivity index (χ3n) is 10.5. The molecule has 0 saturated heterocycles. The van der Waals surface area contributed by atoms with Crippen LogP contribution in [0.1, 0.15) is 0 Å². The molecule has 10 aromatic carbocycles. The molecule has 290 valence electrons. The first kappa shape index (κ1) is 36.5. The molecule has 0 saturated carbocycles. The number of hydrogen-bond donors (Lipinski definition) is 0. The maximum atomic E-state index is 14.3. The molecule has 10 rings (SSSR count). The first-order chi connectivity index (χ1) is 29.4. The van der Waals surface area contributed by atoms with E-state index in [9.17, 15) is 17.6 Å². The lowest BCUT2D eigenvalue weighted by Gasteiger charge is -2.30. The molecule has 0 N–H and O–H groups in total. The summed E-state index contributed by atoms with van der Waals surface area (Å²) in [5.74, 6) is -2.08. The zero-order chi connectivity index (χ0) is 40.7. The highest BCUT2D eigenvalue weighted by Gasteiger charge is 2.24. The Morgan fingerprint density at radius 2 is 0.667 bits per heavy atom. The predicted octanol–water partition coefficient (Wildman–Crippen LogP) is 15.7. The standard InChI is InChI=1S/C52H32F4N2O2/c53-35-27-36(54)30-41(29-35)59-49-17-9-7-15-47(49)57(39-11-3-1-4-12-39)45-25-21-33-20-24-44-46(26-22-34-19-23-43(45)51(33)52(34)44)58(40-13-5-2-6-14-40)48-16-8-10-18-50(48)60-42-31-37(55)28-38(56)32-42/h1-32H. The average molecular weight is 793 g/mol. The van der Waals surface area contributed by atoms with Gasteiger partial charge < -0.3 is 19.3 Å². The number of para-hydroxylation sites is 6. The number of hydrogen-bond acceptors (Lipinski definition) is 4. The van der Waals surface area contributed by atoms with E-state index in [-0.39, 0.29) is 11.5 Å². The Kier molecular flexibility index (Phi) is 9.22. The van der Waals surface area contributed by atoms with Crippen LogP contribution in [0.5, 0.6) is 23.0 Å². The largest absolute Gasteiger partial charge is 0.455 e. The first-order valence-electron chi connectivity index (χ1n) is 19.2. The van der Waals surface area contributed by atoms with E-state index in [1.807, 2.05) is 97.1 Å². The normalized spacial score (nSPS) is 11.3. The lowest BCUT2D eigenvalue weighted by molar-refractivity contribution is 0.468. The topological polar surface area (TPSA) is 24.9 Å². The lowest BCUT2D eigenvalue weighted by atomic mass is 9.91. The molecule has 0 bridgehead atoms. The summed E-state index contributed by atoms with van der Waals surface area (Å²) in [7, 11) is 0. The Balaban J connectivity index is 1.18. The van der Waals surface area contributed by atoms with Crippen molar-refractivity contribution in [2.24, 2.45) is 0 Å². The van der Waals surface area contributed by atoms with E-state index in [2.05, 4.69) is 58.3 Å². The highest BCUT2D eigenvalue weighted by atomic mass is 19.1. The predicted molar refractivity (Wildman–Crippen MR) is 232 cm³/mol. The quantitative estimate of drug-likeness (QED) is 0.102. The van der Waals surface area contributed by atoms with Gasteiger partial charge in [-0.25, -0.2) is 17.6 Å². The van der Waals surface area contributed by atoms with Crippen LogP contribution < -0.4 is 19.3 Å². The molecule has 0 aliphatic rings. The van der Waals surface area contributed by atoms with Gasteiger partial charge in [0.2, 0.25) is 0 Å². The number of nitrogens with zero attached hydrogens (tertiary/aromatic N) is 2. The molecule has 0 amide bonds. The Morgan fingerprint density at radius 1 is 0.317 bits per heavy atom. The Bertz CT molecular complexity index is 2920. The average Bonchev–Trinajstić information content (AvgIpc) is 3.25. The first-order valence-corrected chi connectivity index (χ1v) is 19.2. The van der Waals surface area contributed by atoms with Crippen molar-refractivity contribution < 1.29 is 27.0 Å². The monoisotopic (exact) mass is 792 g/mol. The second-order valence-corrected chi connectivity index (χ2v) is 14.3. The number of rotatable bonds is 10. The molecule has 0 fully saturated rings. The van der Waals surface area contributed by atoms with Crippen LogP contribution in [0.4, 0.5) is 51.7 Å². The number of halogens is 4. The van der Waals surface area contributed by atoms with Gasteiger partial charge in [0.05, 0.1) is 22.7 Å². The zero-order valence-electron chi connectivity index (χ0n) is 31.7. The summed E-state index contributed by atoms with van der Waals surface area (Å²) in [4.78, 5) is 4.19. The van der Waals surface area contributed by atoms with Crippen molar-refractivity contribution >= 4 is 66.4 Å². The molecular weight excluding hydrogens is 761 g/mol. The zero-order valence-corrected chi connectivity index (χ0v) is 31.7. The number of ether oxygens (including phenoxy) is 2. The van der Waals surface area contributed by atoms with Crippen LogP contribution in [0.15, 0.2) is 194 Å². The Labute approximate surface area is 342 Å². The van der Waals surface area contributed by atoms with Gasteiger partial charge in [-0.05, 0) is 82.2 Å². The van der Waals surface area contributed by atoms with Gasteiger partial charge in [-0.3, -0.25) is 0 Å². The highest BCUT2D eigenvalue weighted by Crippen LogP contribution is 2.50. The van der Waals surface area contributed by atoms with Crippen molar-refractivity contribution in [2.45, 2.75) is 0 Å². The fraction of sp³-hybridized carbons (Fsp3) is 0. The maximum Gasteiger partial charge on any atom is 0.151 e. The van der Waals surface area contributed by atoms with Crippen LogP contribution >= 0.6 is 0 Å². The van der Waals surface area contributed by atoms with Crippen molar-refractivity contribution in [3.63, 3.8) is 0 Å². The summed E-state index contributed by atoms with van der Waals surface area (Å²) < 4.78 is 69.8. The molecule has 0 heterocycles. The van der Waals surface area contributed by atoms with Crippen LogP contribution in [0.2, 0.25) is 0 Å². The molecule has 8 heteroatoms. The molecule has 10 aromatic rings. The van der Waals surface area contributed by atoms with E-state index in [0.29, 0.717) is 22.9 Å². The van der Waals surface area contributed by atoms with Crippen molar-refractivity contribution in [2.75, 3.05) is 9.80 Å². The summed E-state index contributed by atoms with van der Waals surface area (Å²) in [6.07, 6.45) is 0. The molecular formula is C52H32F4N2O2. The molecule has 60 heavy (non-hydrogen) atoms. The van der Waals surface area contributed by atoms with Gasteiger partial charge in [-0.1, -0.05) is 97.1 Å². The molecule has 0 aliphatic heterocycles. The Hall–Kier alpha value is -7.84. The number of anilines is 6. The highest BCUT2D eigenvalue weighted by molar-refractivity contribution is 6.28. The SMILES string of the molecule is Fc1cc(F)cc(Oc2ccccc2N(c2ccccc2)c2ccc3ccc4c(N(c5ccccc5)c5ccccc5Oc5cc(F)cc(F)c5)ccc5ccc2c3c54)c1. The van der Waals surface area contributed by atoms with E-state index < -0.39 is 23.3 Å². The lowest BCUT2D eigenvalue weighted by Crippen LogP contribution is -2.12. The van der Waals surface area contributed by atoms with Crippen molar-refractivity contribution in [3.05, 3.63) is 217 Å². The molecule has 0 aromatic heterocycles. The summed E-state index contributed by atoms with van der Waals surface area (Å²) in [5.41, 5.74) is 4.73.